The molecule has 1 atom stereocenters. The van der Waals surface area contributed by atoms with Crippen LogP contribution in [0, 0.1) is 0 Å². The van der Waals surface area contributed by atoms with Crippen molar-refractivity contribution < 1.29 is 28.2 Å². The van der Waals surface area contributed by atoms with E-state index in [-0.39, 0.29) is 0 Å². The highest BCUT2D eigenvalue weighted by molar-refractivity contribution is 5.76. The van der Waals surface area contributed by atoms with Gasteiger partial charge in [0.1, 0.15) is 0 Å². The van der Waals surface area contributed by atoms with Gasteiger partial charge in [0.2, 0.25) is 0 Å². The molecule has 1 unspecified atom stereocenters. The van der Waals surface area contributed by atoms with Crippen molar-refractivity contribution in [1.82, 2.24) is 5.32 Å². The Hall–Kier alpha value is -0.820. The van der Waals surface area contributed by atoms with Gasteiger partial charge in [0.15, 0.2) is 5.60 Å². The van der Waals surface area contributed by atoms with Gasteiger partial charge >= 0.3 is 12.1 Å². The molecule has 0 aromatic rings. The maximum Gasteiger partial charge on any atom is 0.401 e. The summed E-state index contributed by atoms with van der Waals surface area (Å²) in [6.45, 7) is -1.06. The van der Waals surface area contributed by atoms with Crippen LogP contribution in [0.4, 0.5) is 13.2 Å². The molecule has 0 radical (unpaired) electrons. The second-order valence-electron chi connectivity index (χ2n) is 2.80. The number of alkyl halides is 3. The van der Waals surface area contributed by atoms with Crippen molar-refractivity contribution in [1.29, 1.82) is 0 Å². The van der Waals surface area contributed by atoms with Crippen LogP contribution in [0.5, 0.6) is 0 Å². The smallest absolute Gasteiger partial charge is 0.401 e. The van der Waals surface area contributed by atoms with Gasteiger partial charge in [0.05, 0.1) is 6.54 Å². The molecule has 0 saturated heterocycles. The molecule has 0 heterocycles. The van der Waals surface area contributed by atoms with Crippen molar-refractivity contribution in [2.24, 2.45) is 0 Å². The topological polar surface area (TPSA) is 69.6 Å². The molecular weight excluding hydrogens is 191 g/mol. The predicted octanol–water partition coefficient (Wildman–Crippen LogP) is -0.0261. The number of hydrogen-bond donors (Lipinski definition) is 3. The van der Waals surface area contributed by atoms with Crippen LogP contribution in [-0.2, 0) is 4.79 Å². The molecule has 4 nitrogen and oxygen atoms in total. The number of aliphatic hydroxyl groups is 1. The van der Waals surface area contributed by atoms with Crippen LogP contribution >= 0.6 is 0 Å². The summed E-state index contributed by atoms with van der Waals surface area (Å²) in [5, 5.41) is 19.0. The van der Waals surface area contributed by atoms with E-state index in [4.69, 9.17) is 10.2 Å². The SMILES string of the molecule is CC(O)(CNCC(F)(F)F)C(=O)O. The van der Waals surface area contributed by atoms with Gasteiger partial charge in [0.25, 0.3) is 0 Å². The number of rotatable bonds is 4. The van der Waals surface area contributed by atoms with Crippen LogP contribution in [-0.4, -0.2) is 41.0 Å². The Morgan fingerprint density at radius 1 is 1.38 bits per heavy atom. The Balaban J connectivity index is 3.84. The molecule has 0 aliphatic heterocycles. The average Bonchev–Trinajstić information content (AvgIpc) is 1.82. The van der Waals surface area contributed by atoms with E-state index in [0.717, 1.165) is 6.92 Å². The fraction of sp³-hybridized carbons (Fsp3) is 0.833. The zero-order valence-corrected chi connectivity index (χ0v) is 6.85. The quantitative estimate of drug-likeness (QED) is 0.597. The highest BCUT2D eigenvalue weighted by Crippen LogP contribution is 2.12. The van der Waals surface area contributed by atoms with Gasteiger partial charge in [-0.25, -0.2) is 4.79 Å². The van der Waals surface area contributed by atoms with Gasteiger partial charge in [-0.3, -0.25) is 0 Å². The Morgan fingerprint density at radius 2 is 1.85 bits per heavy atom. The van der Waals surface area contributed by atoms with E-state index in [0.29, 0.717) is 0 Å². The lowest BCUT2D eigenvalue weighted by Gasteiger charge is -2.18. The van der Waals surface area contributed by atoms with E-state index in [1.54, 1.807) is 5.32 Å². The number of carbonyl (C=O) groups is 1. The van der Waals surface area contributed by atoms with Crippen molar-refractivity contribution in [3.63, 3.8) is 0 Å². The van der Waals surface area contributed by atoms with Gasteiger partial charge in [-0.15, -0.1) is 0 Å². The highest BCUT2D eigenvalue weighted by atomic mass is 19.4. The predicted molar refractivity (Wildman–Crippen MR) is 37.2 cm³/mol. The minimum Gasteiger partial charge on any atom is -0.479 e. The minimum atomic E-state index is -4.41. The van der Waals surface area contributed by atoms with Crippen LogP contribution in [0.15, 0.2) is 0 Å². The molecule has 0 saturated carbocycles. The Bertz CT molecular complexity index is 190. The molecule has 13 heavy (non-hydrogen) atoms. The van der Waals surface area contributed by atoms with Crippen molar-refractivity contribution in [2.75, 3.05) is 13.1 Å². The normalized spacial score (nSPS) is 16.7. The van der Waals surface area contributed by atoms with E-state index in [1.807, 2.05) is 0 Å². The van der Waals surface area contributed by atoms with Crippen LogP contribution < -0.4 is 5.32 Å². The minimum absolute atomic E-state index is 0.651. The first-order valence-electron chi connectivity index (χ1n) is 3.38. The summed E-state index contributed by atoms with van der Waals surface area (Å²) in [5.74, 6) is -1.57. The summed E-state index contributed by atoms with van der Waals surface area (Å²) in [4.78, 5) is 10.2. The summed E-state index contributed by atoms with van der Waals surface area (Å²) in [7, 11) is 0. The van der Waals surface area contributed by atoms with Crippen LogP contribution in [0.25, 0.3) is 0 Å². The van der Waals surface area contributed by atoms with Crippen molar-refractivity contribution in [2.45, 2.75) is 18.7 Å². The van der Waals surface area contributed by atoms with Crippen LogP contribution in [0.1, 0.15) is 6.92 Å². The van der Waals surface area contributed by atoms with Crippen molar-refractivity contribution in [3.8, 4) is 0 Å². The highest BCUT2D eigenvalue weighted by Gasteiger charge is 2.32. The van der Waals surface area contributed by atoms with Crippen molar-refractivity contribution in [3.05, 3.63) is 0 Å². The zero-order valence-electron chi connectivity index (χ0n) is 6.85. The molecule has 3 N–H and O–H groups in total. The number of nitrogens with one attached hydrogen (secondary N) is 1. The van der Waals surface area contributed by atoms with Gasteiger partial charge in [-0.2, -0.15) is 13.2 Å². The summed E-state index contributed by atoms with van der Waals surface area (Å²) < 4.78 is 34.6. The number of aliphatic carboxylic acids is 1. The molecule has 0 aromatic heterocycles. The van der Waals surface area contributed by atoms with Gasteiger partial charge in [-0.05, 0) is 6.92 Å². The molecule has 0 spiro atoms. The van der Waals surface area contributed by atoms with E-state index in [2.05, 4.69) is 0 Å². The first-order valence-corrected chi connectivity index (χ1v) is 3.38. The number of halogens is 3. The lowest BCUT2D eigenvalue weighted by molar-refractivity contribution is -0.158. The van der Waals surface area contributed by atoms with Gasteiger partial charge < -0.3 is 15.5 Å². The third kappa shape index (κ3) is 5.42. The van der Waals surface area contributed by atoms with Crippen LogP contribution in [0.3, 0.4) is 0 Å². The van der Waals surface area contributed by atoms with Gasteiger partial charge in [0, 0.05) is 6.54 Å². The molecule has 78 valence electrons. The zero-order chi connectivity index (χ0) is 10.7. The molecule has 0 aromatic carbocycles. The van der Waals surface area contributed by atoms with E-state index >= 15 is 0 Å². The Morgan fingerprint density at radius 3 is 2.15 bits per heavy atom. The first kappa shape index (κ1) is 12.2. The van der Waals surface area contributed by atoms with Gasteiger partial charge in [-0.1, -0.05) is 0 Å². The summed E-state index contributed by atoms with van der Waals surface area (Å²) in [6, 6.07) is 0. The third-order valence-electron chi connectivity index (χ3n) is 1.26. The molecule has 0 rings (SSSR count). The third-order valence-corrected chi connectivity index (χ3v) is 1.26. The molecule has 0 amide bonds. The Labute approximate surface area is 72.4 Å². The molecular formula is C6H10F3NO3. The number of carboxylic acid groups (broad SMARTS) is 1. The lowest BCUT2D eigenvalue weighted by atomic mass is 10.1. The summed E-state index contributed by atoms with van der Waals surface area (Å²) in [5.41, 5.74) is -2.18. The van der Waals surface area contributed by atoms with E-state index in [1.165, 1.54) is 0 Å². The summed E-state index contributed by atoms with van der Waals surface area (Å²) in [6.07, 6.45) is -4.41. The Kier molecular flexibility index (Phi) is 3.68. The second kappa shape index (κ2) is 3.93. The maximum atomic E-state index is 11.5. The molecule has 0 fully saturated rings. The fourth-order valence-corrected chi connectivity index (χ4v) is 0.523. The lowest BCUT2D eigenvalue weighted by Crippen LogP contribution is -2.46. The fourth-order valence-electron chi connectivity index (χ4n) is 0.523. The average molecular weight is 201 g/mol. The van der Waals surface area contributed by atoms with Crippen molar-refractivity contribution >= 4 is 5.97 Å². The molecule has 0 bridgehead atoms. The number of carboxylic acids is 1. The van der Waals surface area contributed by atoms with E-state index in [9.17, 15) is 18.0 Å². The maximum absolute atomic E-state index is 11.5. The molecule has 7 heteroatoms. The summed E-state index contributed by atoms with van der Waals surface area (Å²) >= 11 is 0. The standard InChI is InChI=1S/C6H10F3NO3/c1-5(13,4(11)12)2-10-3-6(7,8)9/h10,13H,2-3H2,1H3,(H,11,12). The largest absolute Gasteiger partial charge is 0.479 e. The molecule has 0 aliphatic rings. The number of hydrogen-bond acceptors (Lipinski definition) is 3. The van der Waals surface area contributed by atoms with Crippen LogP contribution in [0.2, 0.25) is 0 Å². The van der Waals surface area contributed by atoms with E-state index < -0.39 is 30.8 Å². The monoisotopic (exact) mass is 201 g/mol. The first-order chi connectivity index (χ1) is 5.65. The second-order valence-corrected chi connectivity index (χ2v) is 2.80. The molecule has 0 aliphatic carbocycles.